The molecule has 120 valence electrons. The van der Waals surface area contributed by atoms with Crippen molar-refractivity contribution in [1.29, 1.82) is 0 Å². The first-order chi connectivity index (χ1) is 9.81. The Labute approximate surface area is 135 Å². The van der Waals surface area contributed by atoms with E-state index >= 15 is 0 Å². The Bertz CT molecular complexity index is 414. The van der Waals surface area contributed by atoms with Gasteiger partial charge in [-0.3, -0.25) is 0 Å². The molecular weight excluding hydrogens is 282 g/mol. The molecule has 0 bridgehead atoms. The zero-order valence-corrected chi connectivity index (χ0v) is 14.8. The van der Waals surface area contributed by atoms with Crippen molar-refractivity contribution in [2.24, 2.45) is 5.92 Å². The fourth-order valence-corrected chi connectivity index (χ4v) is 2.43. The molecule has 1 N–H and O–H groups in total. The van der Waals surface area contributed by atoms with Gasteiger partial charge in [0.25, 0.3) is 0 Å². The van der Waals surface area contributed by atoms with Gasteiger partial charge < -0.3 is 10.1 Å². The molecule has 2 atom stereocenters. The Morgan fingerprint density at radius 3 is 2.57 bits per heavy atom. The lowest BCUT2D eigenvalue weighted by Crippen LogP contribution is -2.39. The van der Waals surface area contributed by atoms with Crippen LogP contribution in [0.1, 0.15) is 59.1 Å². The van der Waals surface area contributed by atoms with Crippen LogP contribution in [-0.2, 0) is 4.74 Å². The molecule has 0 aliphatic heterocycles. The van der Waals surface area contributed by atoms with Crippen molar-refractivity contribution in [2.45, 2.75) is 59.1 Å². The molecule has 0 amide bonds. The van der Waals surface area contributed by atoms with Gasteiger partial charge in [0, 0.05) is 17.1 Å². The third-order valence-corrected chi connectivity index (χ3v) is 3.64. The van der Waals surface area contributed by atoms with Gasteiger partial charge in [-0.05, 0) is 50.8 Å². The van der Waals surface area contributed by atoms with Crippen LogP contribution < -0.4 is 5.32 Å². The quantitative estimate of drug-likeness (QED) is 0.710. The third-order valence-electron chi connectivity index (χ3n) is 3.40. The summed E-state index contributed by atoms with van der Waals surface area (Å²) < 4.78 is 6.17. The highest BCUT2D eigenvalue weighted by Crippen LogP contribution is 2.22. The second-order valence-corrected chi connectivity index (χ2v) is 7.34. The van der Waals surface area contributed by atoms with Crippen molar-refractivity contribution in [3.63, 3.8) is 0 Å². The van der Waals surface area contributed by atoms with Crippen molar-refractivity contribution < 1.29 is 4.74 Å². The van der Waals surface area contributed by atoms with E-state index in [9.17, 15) is 0 Å². The summed E-state index contributed by atoms with van der Waals surface area (Å²) in [6.07, 6.45) is 2.45. The van der Waals surface area contributed by atoms with E-state index < -0.39 is 0 Å². The molecule has 1 aromatic rings. The van der Waals surface area contributed by atoms with Crippen molar-refractivity contribution in [2.75, 3.05) is 13.2 Å². The van der Waals surface area contributed by atoms with Gasteiger partial charge in [0.2, 0.25) is 0 Å². The lowest BCUT2D eigenvalue weighted by Gasteiger charge is -2.27. The van der Waals surface area contributed by atoms with Crippen LogP contribution in [0.25, 0.3) is 0 Å². The number of hydrogen-bond acceptors (Lipinski definition) is 2. The van der Waals surface area contributed by atoms with Crippen LogP contribution in [0, 0.1) is 5.92 Å². The normalized spacial score (nSPS) is 15.0. The molecular formula is C18H30ClNO. The number of halogens is 1. The van der Waals surface area contributed by atoms with Gasteiger partial charge >= 0.3 is 0 Å². The van der Waals surface area contributed by atoms with E-state index in [4.69, 9.17) is 16.3 Å². The van der Waals surface area contributed by atoms with Gasteiger partial charge in [-0.1, -0.05) is 44.0 Å². The van der Waals surface area contributed by atoms with Crippen LogP contribution in [0.4, 0.5) is 0 Å². The number of nitrogens with one attached hydrogen (secondary N) is 1. The number of ether oxygens (including phenoxy) is 1. The van der Waals surface area contributed by atoms with Gasteiger partial charge in [-0.25, -0.2) is 0 Å². The summed E-state index contributed by atoms with van der Waals surface area (Å²) in [6.45, 7) is 12.5. The number of rotatable bonds is 8. The average molecular weight is 312 g/mol. The van der Waals surface area contributed by atoms with E-state index in [0.29, 0.717) is 5.92 Å². The maximum absolute atomic E-state index is 6.17. The predicted octanol–water partition coefficient (Wildman–Crippen LogP) is 5.22. The summed E-state index contributed by atoms with van der Waals surface area (Å²) in [5.41, 5.74) is 1.22. The van der Waals surface area contributed by atoms with Crippen LogP contribution in [0.5, 0.6) is 0 Å². The lowest BCUT2D eigenvalue weighted by atomic mass is 10.0. The fourth-order valence-electron chi connectivity index (χ4n) is 2.24. The molecule has 0 spiro atoms. The molecule has 3 heteroatoms. The topological polar surface area (TPSA) is 21.3 Å². The van der Waals surface area contributed by atoms with E-state index in [-0.39, 0.29) is 11.6 Å². The zero-order valence-electron chi connectivity index (χ0n) is 14.1. The Morgan fingerprint density at radius 1 is 1.29 bits per heavy atom. The molecule has 0 fully saturated rings. The fraction of sp³-hybridized carbons (Fsp3) is 0.667. The highest BCUT2D eigenvalue weighted by Gasteiger charge is 2.17. The monoisotopic (exact) mass is 311 g/mol. The molecule has 2 unspecified atom stereocenters. The molecule has 1 rings (SSSR count). The average Bonchev–Trinajstić information content (AvgIpc) is 2.37. The van der Waals surface area contributed by atoms with Crippen molar-refractivity contribution in [1.82, 2.24) is 5.32 Å². The van der Waals surface area contributed by atoms with Gasteiger partial charge in [-0.15, -0.1) is 0 Å². The molecule has 21 heavy (non-hydrogen) atoms. The number of hydrogen-bond donors (Lipinski definition) is 1. The highest BCUT2D eigenvalue weighted by atomic mass is 35.5. The molecule has 1 aromatic carbocycles. The van der Waals surface area contributed by atoms with E-state index in [1.165, 1.54) is 12.8 Å². The Balaban J connectivity index is 2.70. The predicted molar refractivity (Wildman–Crippen MR) is 92.0 cm³/mol. The second-order valence-electron chi connectivity index (χ2n) is 6.90. The SMILES string of the molecule is CCCC(C)COC(CNC(C)(C)C)c1cccc(Cl)c1. The first-order valence-electron chi connectivity index (χ1n) is 7.94. The van der Waals surface area contributed by atoms with Crippen molar-refractivity contribution >= 4 is 11.6 Å². The summed E-state index contributed by atoms with van der Waals surface area (Å²) in [7, 11) is 0. The highest BCUT2D eigenvalue weighted by molar-refractivity contribution is 6.30. The molecule has 0 aliphatic carbocycles. The Kier molecular flexibility index (Phi) is 7.72. The van der Waals surface area contributed by atoms with Gasteiger partial charge in [0.1, 0.15) is 0 Å². The summed E-state index contributed by atoms with van der Waals surface area (Å²) in [5, 5.41) is 4.29. The first kappa shape index (κ1) is 18.5. The minimum atomic E-state index is 0.0437. The van der Waals surface area contributed by atoms with Crippen LogP contribution in [0.15, 0.2) is 24.3 Å². The van der Waals surface area contributed by atoms with Crippen molar-refractivity contribution in [3.8, 4) is 0 Å². The molecule has 0 saturated carbocycles. The minimum Gasteiger partial charge on any atom is -0.372 e. The van der Waals surface area contributed by atoms with E-state index in [0.717, 1.165) is 23.7 Å². The maximum Gasteiger partial charge on any atom is 0.0950 e. The second kappa shape index (κ2) is 8.77. The molecule has 2 nitrogen and oxygen atoms in total. The zero-order chi connectivity index (χ0) is 15.9. The molecule has 0 saturated heterocycles. The Morgan fingerprint density at radius 2 is 2.00 bits per heavy atom. The summed E-state index contributed by atoms with van der Waals surface area (Å²) in [6, 6.07) is 7.98. The molecule has 0 aromatic heterocycles. The number of benzene rings is 1. The standard InChI is InChI=1S/C18H30ClNO/c1-6-8-14(2)13-21-17(12-20-18(3,4)5)15-9-7-10-16(19)11-15/h7,9-11,14,17,20H,6,8,12-13H2,1-5H3. The molecule has 0 aliphatic rings. The lowest BCUT2D eigenvalue weighted by molar-refractivity contribution is 0.0265. The summed E-state index contributed by atoms with van der Waals surface area (Å²) in [4.78, 5) is 0. The van der Waals surface area contributed by atoms with Crippen LogP contribution in [-0.4, -0.2) is 18.7 Å². The largest absolute Gasteiger partial charge is 0.372 e. The van der Waals surface area contributed by atoms with E-state index in [1.807, 2.05) is 18.2 Å². The molecule has 0 radical (unpaired) electrons. The first-order valence-corrected chi connectivity index (χ1v) is 8.31. The van der Waals surface area contributed by atoms with Gasteiger partial charge in [0.05, 0.1) is 12.7 Å². The Hall–Kier alpha value is -0.570. The van der Waals surface area contributed by atoms with Crippen molar-refractivity contribution in [3.05, 3.63) is 34.9 Å². The maximum atomic E-state index is 6.17. The van der Waals surface area contributed by atoms with Gasteiger partial charge in [-0.2, -0.15) is 0 Å². The summed E-state index contributed by atoms with van der Waals surface area (Å²) in [5.74, 6) is 0.589. The van der Waals surface area contributed by atoms with Crippen LogP contribution in [0.3, 0.4) is 0 Å². The third kappa shape index (κ3) is 7.85. The van der Waals surface area contributed by atoms with Gasteiger partial charge in [0.15, 0.2) is 0 Å². The summed E-state index contributed by atoms with van der Waals surface area (Å²) >= 11 is 6.12. The molecule has 0 heterocycles. The minimum absolute atomic E-state index is 0.0437. The van der Waals surface area contributed by atoms with Crippen LogP contribution >= 0.6 is 11.6 Å². The smallest absolute Gasteiger partial charge is 0.0950 e. The van der Waals surface area contributed by atoms with E-state index in [1.54, 1.807) is 0 Å². The van der Waals surface area contributed by atoms with E-state index in [2.05, 4.69) is 46.0 Å². The van der Waals surface area contributed by atoms with Crippen LogP contribution in [0.2, 0.25) is 5.02 Å².